The first-order valence-corrected chi connectivity index (χ1v) is 6.07. The maximum absolute atomic E-state index is 6.14. The van der Waals surface area contributed by atoms with E-state index < -0.39 is 0 Å². The third-order valence-corrected chi connectivity index (χ3v) is 3.31. The van der Waals surface area contributed by atoms with Gasteiger partial charge in [0.15, 0.2) is 0 Å². The minimum absolute atomic E-state index is 0.122. The molecule has 2 aliphatic heterocycles. The first kappa shape index (κ1) is 10.7. The summed E-state index contributed by atoms with van der Waals surface area (Å²) in [7, 11) is 0. The van der Waals surface area contributed by atoms with E-state index in [0.29, 0.717) is 0 Å². The van der Waals surface area contributed by atoms with Crippen LogP contribution < -0.4 is 11.1 Å². The van der Waals surface area contributed by atoms with Crippen molar-refractivity contribution in [3.8, 4) is 0 Å². The van der Waals surface area contributed by atoms with Gasteiger partial charge in [0.05, 0.1) is 6.04 Å². The summed E-state index contributed by atoms with van der Waals surface area (Å²) in [6.07, 6.45) is 0.985. The minimum atomic E-state index is -0.122. The number of nitrogens with zero attached hydrogens (tertiary/aromatic N) is 1. The number of rotatable bonds is 3. The van der Waals surface area contributed by atoms with Gasteiger partial charge >= 0.3 is 0 Å². The fourth-order valence-electron chi connectivity index (χ4n) is 2.38. The molecule has 3 unspecified atom stereocenters. The first-order chi connectivity index (χ1) is 8.33. The van der Waals surface area contributed by atoms with Crippen molar-refractivity contribution in [3.05, 3.63) is 35.9 Å². The van der Waals surface area contributed by atoms with Crippen LogP contribution in [0.5, 0.6) is 0 Å². The largest absolute Gasteiger partial charge is 0.473 e. The standard InChI is InChI=1S/C13H17N3O/c14-10(6-9-4-2-1-3-5-9)13-16-11-7-15-8-12(11)17-13/h1-5,10-12,15H,6-8,14H2. The Morgan fingerprint density at radius 2 is 2.18 bits per heavy atom. The second kappa shape index (κ2) is 4.47. The van der Waals surface area contributed by atoms with E-state index >= 15 is 0 Å². The van der Waals surface area contributed by atoms with Gasteiger partial charge in [-0.15, -0.1) is 0 Å². The van der Waals surface area contributed by atoms with Crippen molar-refractivity contribution in [2.75, 3.05) is 13.1 Å². The van der Waals surface area contributed by atoms with Gasteiger partial charge in [-0.2, -0.15) is 0 Å². The molecule has 3 N–H and O–H groups in total. The Balaban J connectivity index is 1.65. The summed E-state index contributed by atoms with van der Waals surface area (Å²) in [5.41, 5.74) is 7.36. The smallest absolute Gasteiger partial charge is 0.201 e. The van der Waals surface area contributed by atoms with Crippen LogP contribution in [0, 0.1) is 0 Å². The zero-order valence-electron chi connectivity index (χ0n) is 9.67. The van der Waals surface area contributed by atoms with E-state index in [4.69, 9.17) is 10.5 Å². The quantitative estimate of drug-likeness (QED) is 0.788. The molecule has 17 heavy (non-hydrogen) atoms. The molecule has 0 aromatic heterocycles. The molecule has 1 aromatic rings. The normalized spacial score (nSPS) is 28.4. The van der Waals surface area contributed by atoms with Gasteiger partial charge in [0.25, 0.3) is 0 Å². The lowest BCUT2D eigenvalue weighted by Gasteiger charge is -2.14. The Morgan fingerprint density at radius 3 is 2.94 bits per heavy atom. The average Bonchev–Trinajstić information content (AvgIpc) is 2.90. The molecule has 0 bridgehead atoms. The number of hydrogen-bond donors (Lipinski definition) is 2. The van der Waals surface area contributed by atoms with Crippen LogP contribution in [-0.4, -0.2) is 37.2 Å². The summed E-state index contributed by atoms with van der Waals surface area (Å²) in [5.74, 6) is 0.727. The second-order valence-corrected chi connectivity index (χ2v) is 4.65. The van der Waals surface area contributed by atoms with E-state index in [2.05, 4.69) is 22.4 Å². The van der Waals surface area contributed by atoms with E-state index in [1.54, 1.807) is 0 Å². The molecule has 0 amide bonds. The first-order valence-electron chi connectivity index (χ1n) is 6.07. The molecule has 3 atom stereocenters. The lowest BCUT2D eigenvalue weighted by molar-refractivity contribution is 0.216. The summed E-state index contributed by atoms with van der Waals surface area (Å²) in [6.45, 7) is 1.79. The van der Waals surface area contributed by atoms with E-state index in [1.165, 1.54) is 5.56 Å². The van der Waals surface area contributed by atoms with Gasteiger partial charge in [0.2, 0.25) is 5.90 Å². The number of nitrogens with two attached hydrogens (primary N) is 1. The summed E-state index contributed by atoms with van der Waals surface area (Å²) in [6, 6.07) is 10.4. The Bertz CT molecular complexity index is 418. The predicted octanol–water partition coefficient (Wildman–Crippen LogP) is 0.325. The summed E-state index contributed by atoms with van der Waals surface area (Å²) < 4.78 is 5.78. The van der Waals surface area contributed by atoms with E-state index in [0.717, 1.165) is 25.4 Å². The van der Waals surface area contributed by atoms with Crippen LogP contribution in [0.3, 0.4) is 0 Å². The van der Waals surface area contributed by atoms with Crippen LogP contribution in [0.15, 0.2) is 35.3 Å². The average molecular weight is 231 g/mol. The van der Waals surface area contributed by atoms with Crippen molar-refractivity contribution in [1.82, 2.24) is 5.32 Å². The van der Waals surface area contributed by atoms with Crippen LogP contribution in [0.1, 0.15) is 5.56 Å². The lowest BCUT2D eigenvalue weighted by atomic mass is 10.1. The third kappa shape index (κ3) is 2.18. The van der Waals surface area contributed by atoms with Gasteiger partial charge in [0, 0.05) is 13.1 Å². The Labute approximate surface area is 101 Å². The maximum Gasteiger partial charge on any atom is 0.201 e. The molecule has 0 radical (unpaired) electrons. The van der Waals surface area contributed by atoms with Gasteiger partial charge in [-0.25, -0.2) is 4.99 Å². The van der Waals surface area contributed by atoms with Crippen molar-refractivity contribution in [2.24, 2.45) is 10.7 Å². The summed E-state index contributed by atoms with van der Waals surface area (Å²) >= 11 is 0. The van der Waals surface area contributed by atoms with Crippen LogP contribution in [-0.2, 0) is 11.2 Å². The third-order valence-electron chi connectivity index (χ3n) is 3.31. The predicted molar refractivity (Wildman–Crippen MR) is 67.1 cm³/mol. The molecule has 4 heteroatoms. The highest BCUT2D eigenvalue weighted by Gasteiger charge is 2.36. The van der Waals surface area contributed by atoms with Gasteiger partial charge < -0.3 is 15.8 Å². The number of fused-ring (bicyclic) bond motifs is 1. The highest BCUT2D eigenvalue weighted by atomic mass is 16.5. The Hall–Kier alpha value is -1.39. The van der Waals surface area contributed by atoms with Gasteiger partial charge in [-0.3, -0.25) is 0 Å². The molecule has 1 fully saturated rings. The maximum atomic E-state index is 6.14. The summed E-state index contributed by atoms with van der Waals surface area (Å²) in [5, 5.41) is 3.26. The van der Waals surface area contributed by atoms with Crippen LogP contribution >= 0.6 is 0 Å². The summed E-state index contributed by atoms with van der Waals surface area (Å²) in [4.78, 5) is 4.55. The molecule has 3 rings (SSSR count). The minimum Gasteiger partial charge on any atom is -0.473 e. The van der Waals surface area contributed by atoms with Crippen LogP contribution in [0.2, 0.25) is 0 Å². The zero-order valence-corrected chi connectivity index (χ0v) is 9.67. The number of benzene rings is 1. The van der Waals surface area contributed by atoms with Crippen LogP contribution in [0.25, 0.3) is 0 Å². The second-order valence-electron chi connectivity index (χ2n) is 4.65. The topological polar surface area (TPSA) is 59.6 Å². The lowest BCUT2D eigenvalue weighted by Crippen LogP contribution is -2.35. The fourth-order valence-corrected chi connectivity index (χ4v) is 2.38. The number of hydrogen-bond acceptors (Lipinski definition) is 4. The molecule has 2 heterocycles. The highest BCUT2D eigenvalue weighted by Crippen LogP contribution is 2.19. The molecule has 1 aromatic carbocycles. The van der Waals surface area contributed by atoms with Crippen LogP contribution in [0.4, 0.5) is 0 Å². The number of nitrogens with one attached hydrogen (secondary N) is 1. The van der Waals surface area contributed by atoms with Crippen molar-refractivity contribution in [2.45, 2.75) is 24.6 Å². The Kier molecular flexibility index (Phi) is 2.82. The molecule has 0 aliphatic carbocycles. The van der Waals surface area contributed by atoms with E-state index in [-0.39, 0.29) is 18.2 Å². The van der Waals surface area contributed by atoms with E-state index in [1.807, 2.05) is 18.2 Å². The SMILES string of the molecule is NC(Cc1ccccc1)C1=NC2CNCC2O1. The highest BCUT2D eigenvalue weighted by molar-refractivity contribution is 5.83. The molecular weight excluding hydrogens is 214 g/mol. The van der Waals surface area contributed by atoms with Crippen molar-refractivity contribution in [1.29, 1.82) is 0 Å². The number of aliphatic imine (C=N–C) groups is 1. The van der Waals surface area contributed by atoms with Crippen molar-refractivity contribution < 1.29 is 4.74 Å². The molecule has 1 saturated heterocycles. The van der Waals surface area contributed by atoms with Gasteiger partial charge in [-0.05, 0) is 12.0 Å². The fraction of sp³-hybridized carbons (Fsp3) is 0.462. The molecule has 2 aliphatic rings. The molecule has 4 nitrogen and oxygen atoms in total. The van der Waals surface area contributed by atoms with Crippen molar-refractivity contribution >= 4 is 5.90 Å². The molecule has 0 spiro atoms. The van der Waals surface area contributed by atoms with Gasteiger partial charge in [-0.1, -0.05) is 30.3 Å². The Morgan fingerprint density at radius 1 is 1.35 bits per heavy atom. The number of ether oxygens (including phenoxy) is 1. The van der Waals surface area contributed by atoms with Crippen molar-refractivity contribution in [3.63, 3.8) is 0 Å². The molecular formula is C13H17N3O. The van der Waals surface area contributed by atoms with Gasteiger partial charge in [0.1, 0.15) is 12.1 Å². The van der Waals surface area contributed by atoms with E-state index in [9.17, 15) is 0 Å². The molecule has 0 saturated carbocycles. The monoisotopic (exact) mass is 231 g/mol. The zero-order chi connectivity index (χ0) is 11.7. The molecule has 90 valence electrons.